The maximum absolute atomic E-state index is 13.4. The third kappa shape index (κ3) is 5.37. The van der Waals surface area contributed by atoms with Gasteiger partial charge in [-0.25, -0.2) is 4.98 Å². The first-order chi connectivity index (χ1) is 12.8. The summed E-state index contributed by atoms with van der Waals surface area (Å²) < 4.78 is 45.6. The summed E-state index contributed by atoms with van der Waals surface area (Å²) in [5.74, 6) is -0.511. The minimum absolute atomic E-state index is 0.00103. The van der Waals surface area contributed by atoms with Gasteiger partial charge in [-0.2, -0.15) is 18.4 Å². The van der Waals surface area contributed by atoms with Crippen molar-refractivity contribution in [2.45, 2.75) is 24.5 Å². The number of thioether (sulfide) groups is 1. The standard InChI is InChI=1S/C18H15F3N2O3S/c1-2-26-12-5-3-11(4-6-12)15-9-14(18(19,20)21)13(10-22)17(23-15)27-8-7-16(24)25/h3-6,9H,2,7-8H2,1H3,(H,24,25). The highest BCUT2D eigenvalue weighted by Crippen LogP contribution is 2.38. The highest BCUT2D eigenvalue weighted by molar-refractivity contribution is 7.99. The molecule has 0 aliphatic heterocycles. The lowest BCUT2D eigenvalue weighted by Crippen LogP contribution is -2.11. The fourth-order valence-corrected chi connectivity index (χ4v) is 3.16. The number of aromatic nitrogens is 1. The Hall–Kier alpha value is -2.73. The predicted octanol–water partition coefficient (Wildman–Crippen LogP) is 4.60. The Morgan fingerprint density at radius 3 is 2.52 bits per heavy atom. The van der Waals surface area contributed by atoms with Crippen LogP contribution in [0, 0.1) is 11.3 Å². The molecule has 0 atom stereocenters. The summed E-state index contributed by atoms with van der Waals surface area (Å²) in [6.45, 7) is 2.27. The van der Waals surface area contributed by atoms with Gasteiger partial charge in [0.05, 0.1) is 29.8 Å². The van der Waals surface area contributed by atoms with Crippen LogP contribution in [0.5, 0.6) is 5.75 Å². The van der Waals surface area contributed by atoms with Gasteiger partial charge in [-0.1, -0.05) is 0 Å². The van der Waals surface area contributed by atoms with E-state index >= 15 is 0 Å². The Morgan fingerprint density at radius 1 is 1.33 bits per heavy atom. The van der Waals surface area contributed by atoms with Crippen LogP contribution in [0.3, 0.4) is 0 Å². The lowest BCUT2D eigenvalue weighted by Gasteiger charge is -2.14. The van der Waals surface area contributed by atoms with Crippen LogP contribution in [-0.2, 0) is 11.0 Å². The number of alkyl halides is 3. The fraction of sp³-hybridized carbons (Fsp3) is 0.278. The van der Waals surface area contributed by atoms with Gasteiger partial charge in [-0.3, -0.25) is 4.79 Å². The van der Waals surface area contributed by atoms with Crippen LogP contribution < -0.4 is 4.74 Å². The van der Waals surface area contributed by atoms with Crippen molar-refractivity contribution in [1.82, 2.24) is 4.98 Å². The average Bonchev–Trinajstić information content (AvgIpc) is 2.61. The van der Waals surface area contributed by atoms with Gasteiger partial charge in [0, 0.05) is 11.3 Å². The van der Waals surface area contributed by atoms with Crippen LogP contribution in [0.2, 0.25) is 0 Å². The van der Waals surface area contributed by atoms with Crippen LogP contribution in [0.4, 0.5) is 13.2 Å². The van der Waals surface area contributed by atoms with E-state index in [1.807, 2.05) is 6.92 Å². The highest BCUT2D eigenvalue weighted by Gasteiger charge is 2.36. The molecule has 0 saturated heterocycles. The van der Waals surface area contributed by atoms with E-state index < -0.39 is 23.3 Å². The van der Waals surface area contributed by atoms with E-state index in [2.05, 4.69) is 4.98 Å². The summed E-state index contributed by atoms with van der Waals surface area (Å²) >= 11 is 0.811. The normalized spacial score (nSPS) is 11.1. The second-order valence-electron chi connectivity index (χ2n) is 5.29. The number of nitrogens with zero attached hydrogens (tertiary/aromatic N) is 2. The molecule has 0 amide bonds. The molecular weight excluding hydrogens is 381 g/mol. The molecule has 1 aromatic carbocycles. The smallest absolute Gasteiger partial charge is 0.417 e. The summed E-state index contributed by atoms with van der Waals surface area (Å²) in [5, 5.41) is 17.8. The van der Waals surface area contributed by atoms with E-state index in [1.165, 1.54) is 0 Å². The molecule has 2 aromatic rings. The molecule has 142 valence electrons. The Morgan fingerprint density at radius 2 is 2.00 bits per heavy atom. The lowest BCUT2D eigenvalue weighted by molar-refractivity contribution is -0.138. The number of carbonyl (C=O) groups is 1. The topological polar surface area (TPSA) is 83.2 Å². The molecule has 1 aromatic heterocycles. The number of halogens is 3. The van der Waals surface area contributed by atoms with Crippen molar-refractivity contribution in [1.29, 1.82) is 5.26 Å². The summed E-state index contributed by atoms with van der Waals surface area (Å²) in [5.41, 5.74) is -1.23. The molecule has 0 radical (unpaired) electrons. The minimum Gasteiger partial charge on any atom is -0.494 e. The number of rotatable bonds is 7. The number of hydrogen-bond acceptors (Lipinski definition) is 5. The van der Waals surface area contributed by atoms with Crippen molar-refractivity contribution >= 4 is 17.7 Å². The molecule has 0 spiro atoms. The van der Waals surface area contributed by atoms with E-state index in [9.17, 15) is 23.2 Å². The van der Waals surface area contributed by atoms with Crippen molar-refractivity contribution in [2.24, 2.45) is 0 Å². The van der Waals surface area contributed by atoms with Gasteiger partial charge < -0.3 is 9.84 Å². The van der Waals surface area contributed by atoms with Crippen molar-refractivity contribution in [3.8, 4) is 23.1 Å². The molecule has 1 heterocycles. The first-order valence-corrected chi connectivity index (χ1v) is 8.85. The van der Waals surface area contributed by atoms with Crippen LogP contribution in [0.1, 0.15) is 24.5 Å². The zero-order valence-corrected chi connectivity index (χ0v) is 15.0. The second-order valence-corrected chi connectivity index (χ2v) is 6.38. The first-order valence-electron chi connectivity index (χ1n) is 7.86. The molecule has 0 aliphatic carbocycles. The Labute approximate surface area is 157 Å². The summed E-state index contributed by atoms with van der Waals surface area (Å²) in [7, 11) is 0. The number of nitriles is 1. The number of ether oxygens (including phenoxy) is 1. The third-order valence-electron chi connectivity index (χ3n) is 3.42. The van der Waals surface area contributed by atoms with Crippen molar-refractivity contribution in [3.05, 3.63) is 41.5 Å². The highest BCUT2D eigenvalue weighted by atomic mass is 32.2. The summed E-state index contributed by atoms with van der Waals surface area (Å²) in [6.07, 6.45) is -5.00. The maximum Gasteiger partial charge on any atom is 0.417 e. The fourth-order valence-electron chi connectivity index (χ4n) is 2.23. The maximum atomic E-state index is 13.4. The minimum atomic E-state index is -4.74. The number of aliphatic carboxylic acids is 1. The Balaban J connectivity index is 2.50. The van der Waals surface area contributed by atoms with Gasteiger partial charge in [-0.15, -0.1) is 11.8 Å². The number of carboxylic acids is 1. The van der Waals surface area contributed by atoms with E-state index in [1.54, 1.807) is 30.3 Å². The quantitative estimate of drug-likeness (QED) is 0.689. The molecule has 0 unspecified atom stereocenters. The zero-order valence-electron chi connectivity index (χ0n) is 14.2. The lowest BCUT2D eigenvalue weighted by atomic mass is 10.1. The molecule has 0 aliphatic rings. The van der Waals surface area contributed by atoms with Gasteiger partial charge in [-0.05, 0) is 37.3 Å². The van der Waals surface area contributed by atoms with Crippen molar-refractivity contribution in [3.63, 3.8) is 0 Å². The molecule has 9 heteroatoms. The molecule has 0 fully saturated rings. The van der Waals surface area contributed by atoms with Crippen LogP contribution in [0.25, 0.3) is 11.3 Å². The monoisotopic (exact) mass is 396 g/mol. The van der Waals surface area contributed by atoms with Crippen LogP contribution >= 0.6 is 11.8 Å². The predicted molar refractivity (Wildman–Crippen MR) is 93.5 cm³/mol. The van der Waals surface area contributed by atoms with Crippen molar-refractivity contribution in [2.75, 3.05) is 12.4 Å². The van der Waals surface area contributed by atoms with Crippen molar-refractivity contribution < 1.29 is 27.8 Å². The average molecular weight is 396 g/mol. The first kappa shape index (κ1) is 20.6. The van der Waals surface area contributed by atoms with E-state index in [-0.39, 0.29) is 22.9 Å². The SMILES string of the molecule is CCOc1ccc(-c2cc(C(F)(F)F)c(C#N)c(SCCC(=O)O)n2)cc1. The molecule has 27 heavy (non-hydrogen) atoms. The van der Waals surface area contributed by atoms with Gasteiger partial charge in [0.15, 0.2) is 0 Å². The van der Waals surface area contributed by atoms with Gasteiger partial charge in [0.2, 0.25) is 0 Å². The van der Waals surface area contributed by atoms with E-state index in [0.29, 0.717) is 17.9 Å². The van der Waals surface area contributed by atoms with E-state index in [4.69, 9.17) is 9.84 Å². The van der Waals surface area contributed by atoms with Crippen LogP contribution in [0.15, 0.2) is 35.4 Å². The second kappa shape index (κ2) is 8.77. The van der Waals surface area contributed by atoms with Gasteiger partial charge in [0.25, 0.3) is 0 Å². The molecule has 0 saturated carbocycles. The number of benzene rings is 1. The molecule has 2 rings (SSSR count). The summed E-state index contributed by atoms with van der Waals surface area (Å²) in [6, 6.07) is 8.75. The number of pyridine rings is 1. The number of carboxylic acid groups (broad SMARTS) is 1. The zero-order chi connectivity index (χ0) is 20.0. The Bertz CT molecular complexity index is 862. The largest absolute Gasteiger partial charge is 0.494 e. The molecule has 0 bridgehead atoms. The van der Waals surface area contributed by atoms with Gasteiger partial charge >= 0.3 is 12.1 Å². The third-order valence-corrected chi connectivity index (χ3v) is 4.40. The van der Waals surface area contributed by atoms with E-state index in [0.717, 1.165) is 17.8 Å². The van der Waals surface area contributed by atoms with Gasteiger partial charge in [0.1, 0.15) is 16.8 Å². The Kier molecular flexibility index (Phi) is 6.69. The molecule has 5 nitrogen and oxygen atoms in total. The molecular formula is C18H15F3N2O3S. The number of hydrogen-bond donors (Lipinski definition) is 1. The summed E-state index contributed by atoms with van der Waals surface area (Å²) in [4.78, 5) is 14.8. The van der Waals surface area contributed by atoms with Crippen LogP contribution in [-0.4, -0.2) is 28.4 Å². The molecule has 1 N–H and O–H groups in total.